The minimum Gasteiger partial charge on any atom is -0.454 e. The van der Waals surface area contributed by atoms with E-state index in [4.69, 9.17) is 9.47 Å². The molecule has 1 amide bonds. The number of hydrogen-bond donors (Lipinski definition) is 2. The lowest BCUT2D eigenvalue weighted by atomic mass is 10.2. The zero-order valence-electron chi connectivity index (χ0n) is 16.2. The van der Waals surface area contributed by atoms with Crippen LogP contribution in [0.5, 0.6) is 11.5 Å². The standard InChI is InChI=1S/C22H20N2O5S/c1-15-5-2-3-8-19(15)24-30(26,27)18-7-4-6-17(12-18)22(25)23-13-16-9-10-20-21(11-16)29-14-28-20/h2-12,24H,13-14H2,1H3,(H,23,25). The topological polar surface area (TPSA) is 93.7 Å². The average molecular weight is 424 g/mol. The molecular formula is C22H20N2O5S. The Morgan fingerprint density at radius 1 is 0.967 bits per heavy atom. The molecule has 1 aliphatic rings. The number of fused-ring (bicyclic) bond motifs is 1. The van der Waals surface area contributed by atoms with Crippen molar-refractivity contribution in [3.63, 3.8) is 0 Å². The van der Waals surface area contributed by atoms with Crippen molar-refractivity contribution in [2.24, 2.45) is 0 Å². The number of hydrogen-bond acceptors (Lipinski definition) is 5. The van der Waals surface area contributed by atoms with Crippen LogP contribution in [0, 0.1) is 6.92 Å². The highest BCUT2D eigenvalue weighted by atomic mass is 32.2. The summed E-state index contributed by atoms with van der Waals surface area (Å²) in [6.07, 6.45) is 0. The van der Waals surface area contributed by atoms with Crippen LogP contribution in [0.15, 0.2) is 71.6 Å². The largest absolute Gasteiger partial charge is 0.454 e. The zero-order valence-corrected chi connectivity index (χ0v) is 17.0. The van der Waals surface area contributed by atoms with Gasteiger partial charge in [0.05, 0.1) is 10.6 Å². The van der Waals surface area contributed by atoms with Crippen molar-refractivity contribution < 1.29 is 22.7 Å². The number of rotatable bonds is 6. The normalized spacial score (nSPS) is 12.4. The second-order valence-corrected chi connectivity index (χ2v) is 8.50. The van der Waals surface area contributed by atoms with E-state index < -0.39 is 10.0 Å². The van der Waals surface area contributed by atoms with Crippen LogP contribution in [0.25, 0.3) is 0 Å². The first-order valence-corrected chi connectivity index (χ1v) is 10.8. The monoisotopic (exact) mass is 424 g/mol. The van der Waals surface area contributed by atoms with Gasteiger partial charge in [0.25, 0.3) is 15.9 Å². The van der Waals surface area contributed by atoms with Gasteiger partial charge >= 0.3 is 0 Å². The quantitative estimate of drug-likeness (QED) is 0.632. The molecule has 0 saturated carbocycles. The molecular weight excluding hydrogens is 404 g/mol. The molecule has 0 fully saturated rings. The lowest BCUT2D eigenvalue weighted by Crippen LogP contribution is -2.23. The molecule has 0 bridgehead atoms. The van der Waals surface area contributed by atoms with Gasteiger partial charge in [-0.2, -0.15) is 0 Å². The molecule has 0 unspecified atom stereocenters. The van der Waals surface area contributed by atoms with Crippen LogP contribution in [0.3, 0.4) is 0 Å². The van der Waals surface area contributed by atoms with Crippen LogP contribution in [0.2, 0.25) is 0 Å². The van der Waals surface area contributed by atoms with Gasteiger partial charge in [0, 0.05) is 12.1 Å². The summed E-state index contributed by atoms with van der Waals surface area (Å²) in [6, 6.07) is 18.4. The molecule has 1 heterocycles. The van der Waals surface area contributed by atoms with E-state index in [0.717, 1.165) is 11.1 Å². The van der Waals surface area contributed by atoms with E-state index in [-0.39, 0.29) is 29.7 Å². The first kappa shape index (κ1) is 19.8. The fourth-order valence-corrected chi connectivity index (χ4v) is 4.21. The molecule has 30 heavy (non-hydrogen) atoms. The highest BCUT2D eigenvalue weighted by molar-refractivity contribution is 7.92. The predicted molar refractivity (Wildman–Crippen MR) is 112 cm³/mol. The van der Waals surface area contributed by atoms with Crippen molar-refractivity contribution >= 4 is 21.6 Å². The summed E-state index contributed by atoms with van der Waals surface area (Å²) in [5, 5.41) is 2.79. The van der Waals surface area contributed by atoms with Gasteiger partial charge in [0.1, 0.15) is 0 Å². The lowest BCUT2D eigenvalue weighted by Gasteiger charge is -2.11. The van der Waals surface area contributed by atoms with E-state index in [9.17, 15) is 13.2 Å². The third-order valence-corrected chi connectivity index (χ3v) is 6.05. The number of para-hydroxylation sites is 1. The van der Waals surface area contributed by atoms with Crippen LogP contribution in [0.1, 0.15) is 21.5 Å². The molecule has 3 aromatic rings. The van der Waals surface area contributed by atoms with E-state index in [1.54, 1.807) is 36.4 Å². The molecule has 1 aliphatic heterocycles. The van der Waals surface area contributed by atoms with Gasteiger partial charge in [-0.15, -0.1) is 0 Å². The number of carbonyl (C=O) groups excluding carboxylic acids is 1. The molecule has 0 aromatic heterocycles. The van der Waals surface area contributed by atoms with Crippen molar-refractivity contribution in [3.05, 3.63) is 83.4 Å². The predicted octanol–water partition coefficient (Wildman–Crippen LogP) is 3.45. The zero-order chi connectivity index (χ0) is 21.1. The minimum atomic E-state index is -3.83. The molecule has 7 nitrogen and oxygen atoms in total. The molecule has 2 N–H and O–H groups in total. The van der Waals surface area contributed by atoms with Gasteiger partial charge in [-0.1, -0.05) is 30.3 Å². The van der Waals surface area contributed by atoms with Crippen molar-refractivity contribution in [1.29, 1.82) is 0 Å². The Balaban J connectivity index is 1.47. The number of aryl methyl sites for hydroxylation is 1. The molecule has 8 heteroatoms. The number of carbonyl (C=O) groups is 1. The Labute approximate surface area is 174 Å². The summed E-state index contributed by atoms with van der Waals surface area (Å²) in [4.78, 5) is 12.6. The molecule has 0 saturated heterocycles. The molecule has 3 aromatic carbocycles. The van der Waals surface area contributed by atoms with Gasteiger partial charge in [-0.05, 0) is 54.4 Å². The van der Waals surface area contributed by atoms with Gasteiger partial charge < -0.3 is 14.8 Å². The Morgan fingerprint density at radius 3 is 2.60 bits per heavy atom. The number of amides is 1. The second kappa shape index (κ2) is 8.08. The van der Waals surface area contributed by atoms with Crippen molar-refractivity contribution in [2.45, 2.75) is 18.4 Å². The highest BCUT2D eigenvalue weighted by Crippen LogP contribution is 2.32. The van der Waals surface area contributed by atoms with Crippen LogP contribution in [0.4, 0.5) is 5.69 Å². The maximum Gasteiger partial charge on any atom is 0.261 e. The van der Waals surface area contributed by atoms with Gasteiger partial charge in [-0.25, -0.2) is 8.42 Å². The van der Waals surface area contributed by atoms with E-state index in [0.29, 0.717) is 17.2 Å². The summed E-state index contributed by atoms with van der Waals surface area (Å²) < 4.78 is 38.7. The van der Waals surface area contributed by atoms with Crippen molar-refractivity contribution in [3.8, 4) is 11.5 Å². The Morgan fingerprint density at radius 2 is 1.77 bits per heavy atom. The number of anilines is 1. The summed E-state index contributed by atoms with van der Waals surface area (Å²) in [7, 11) is -3.83. The number of nitrogens with one attached hydrogen (secondary N) is 2. The Hall–Kier alpha value is -3.52. The van der Waals surface area contributed by atoms with Crippen molar-refractivity contribution in [1.82, 2.24) is 5.32 Å². The minimum absolute atomic E-state index is 0.0153. The summed E-state index contributed by atoms with van der Waals surface area (Å²) >= 11 is 0. The molecule has 0 aliphatic carbocycles. The third kappa shape index (κ3) is 4.23. The maximum atomic E-state index is 12.7. The van der Waals surface area contributed by atoms with Crippen LogP contribution in [-0.2, 0) is 16.6 Å². The van der Waals surface area contributed by atoms with E-state index >= 15 is 0 Å². The number of benzene rings is 3. The Bertz CT molecular complexity index is 1210. The molecule has 4 rings (SSSR count). The van der Waals surface area contributed by atoms with E-state index in [1.807, 2.05) is 25.1 Å². The fraction of sp³-hybridized carbons (Fsp3) is 0.136. The number of ether oxygens (including phenoxy) is 2. The molecule has 0 spiro atoms. The summed E-state index contributed by atoms with van der Waals surface area (Å²) in [5.74, 6) is 0.932. The SMILES string of the molecule is Cc1ccccc1NS(=O)(=O)c1cccc(C(=O)NCc2ccc3c(c2)OCO3)c1. The van der Waals surface area contributed by atoms with Crippen LogP contribution < -0.4 is 19.5 Å². The fourth-order valence-electron chi connectivity index (χ4n) is 3.03. The second-order valence-electron chi connectivity index (χ2n) is 6.82. The smallest absolute Gasteiger partial charge is 0.261 e. The molecule has 0 radical (unpaired) electrons. The van der Waals surface area contributed by atoms with E-state index in [2.05, 4.69) is 10.0 Å². The highest BCUT2D eigenvalue weighted by Gasteiger charge is 2.18. The summed E-state index contributed by atoms with van der Waals surface area (Å²) in [6.45, 7) is 2.27. The van der Waals surface area contributed by atoms with Crippen LogP contribution >= 0.6 is 0 Å². The van der Waals surface area contributed by atoms with Crippen LogP contribution in [-0.4, -0.2) is 21.1 Å². The third-order valence-electron chi connectivity index (χ3n) is 4.69. The average Bonchev–Trinajstić information content (AvgIpc) is 3.21. The van der Waals surface area contributed by atoms with Gasteiger partial charge in [0.2, 0.25) is 6.79 Å². The van der Waals surface area contributed by atoms with Gasteiger partial charge in [-0.3, -0.25) is 9.52 Å². The summed E-state index contributed by atoms with van der Waals surface area (Å²) in [5.41, 5.74) is 2.40. The van der Waals surface area contributed by atoms with Crippen molar-refractivity contribution in [2.75, 3.05) is 11.5 Å². The Kier molecular flexibility index (Phi) is 5.33. The lowest BCUT2D eigenvalue weighted by molar-refractivity contribution is 0.0950. The number of sulfonamides is 1. The van der Waals surface area contributed by atoms with Gasteiger partial charge in [0.15, 0.2) is 11.5 Å². The first-order valence-electron chi connectivity index (χ1n) is 9.28. The molecule has 0 atom stereocenters. The maximum absolute atomic E-state index is 12.7. The molecule has 154 valence electrons. The first-order chi connectivity index (χ1) is 14.4. The van der Waals surface area contributed by atoms with E-state index in [1.165, 1.54) is 12.1 Å².